The summed E-state index contributed by atoms with van der Waals surface area (Å²) in [5.74, 6) is -0.975. The smallest absolute Gasteiger partial charge is 0.378 e. The Labute approximate surface area is 181 Å². The number of hydrogen-bond donors (Lipinski definition) is 0. The molecule has 1 heterocycles. The third-order valence-corrected chi connectivity index (χ3v) is 4.89. The number of nitrogens with zero attached hydrogens (tertiary/aromatic N) is 4. The van der Waals surface area contributed by atoms with Gasteiger partial charge in [-0.05, 0) is 23.8 Å². The van der Waals surface area contributed by atoms with Crippen LogP contribution < -0.4 is 4.90 Å². The second-order valence-corrected chi connectivity index (χ2v) is 7.14. The quantitative estimate of drug-likeness (QED) is 0.495. The van der Waals surface area contributed by atoms with Gasteiger partial charge in [0, 0.05) is 31.8 Å². The minimum absolute atomic E-state index is 0.181. The Morgan fingerprint density at radius 1 is 1.19 bits per heavy atom. The number of alkyl halides is 3. The Balaban J connectivity index is 2.00. The van der Waals surface area contributed by atoms with Gasteiger partial charge in [-0.3, -0.25) is 14.9 Å². The Hall–Kier alpha value is -3.65. The number of nitro groups is 1. The molecule has 0 unspecified atom stereocenters. The minimum Gasteiger partial charge on any atom is -0.378 e. The van der Waals surface area contributed by atoms with Crippen LogP contribution in [-0.4, -0.2) is 54.8 Å². The van der Waals surface area contributed by atoms with Crippen molar-refractivity contribution >= 4 is 17.3 Å². The second-order valence-electron chi connectivity index (χ2n) is 7.14. The Kier molecular flexibility index (Phi) is 6.95. The number of benzene rings is 2. The average molecular weight is 448 g/mol. The van der Waals surface area contributed by atoms with Crippen molar-refractivity contribution in [2.24, 2.45) is 0 Å². The molecule has 0 N–H and O–H groups in total. The highest BCUT2D eigenvalue weighted by Gasteiger charge is 2.35. The predicted molar refractivity (Wildman–Crippen MR) is 108 cm³/mol. The van der Waals surface area contributed by atoms with E-state index in [4.69, 9.17) is 10.00 Å². The van der Waals surface area contributed by atoms with E-state index in [1.54, 1.807) is 4.90 Å². The lowest BCUT2D eigenvalue weighted by Gasteiger charge is -2.32. The normalized spacial score (nSPS) is 14.0. The maximum Gasteiger partial charge on any atom is 0.406 e. The summed E-state index contributed by atoms with van der Waals surface area (Å²) in [5, 5.41) is 20.1. The van der Waals surface area contributed by atoms with Gasteiger partial charge in [-0.25, -0.2) is 0 Å². The first kappa shape index (κ1) is 23.0. The molecule has 0 radical (unpaired) electrons. The van der Waals surface area contributed by atoms with E-state index < -0.39 is 29.2 Å². The highest BCUT2D eigenvalue weighted by molar-refractivity contribution is 6.00. The summed E-state index contributed by atoms with van der Waals surface area (Å²) >= 11 is 0. The third-order valence-electron chi connectivity index (χ3n) is 4.89. The van der Waals surface area contributed by atoms with Crippen molar-refractivity contribution in [3.8, 4) is 6.07 Å². The molecule has 2 aromatic rings. The van der Waals surface area contributed by atoms with Crippen LogP contribution in [0.3, 0.4) is 0 Å². The first-order chi connectivity index (χ1) is 15.2. The number of rotatable bonds is 6. The van der Waals surface area contributed by atoms with Crippen molar-refractivity contribution in [3.63, 3.8) is 0 Å². The number of nitro benzene ring substituents is 1. The van der Waals surface area contributed by atoms with Crippen molar-refractivity contribution in [1.29, 1.82) is 5.26 Å². The van der Waals surface area contributed by atoms with Gasteiger partial charge in [-0.15, -0.1) is 0 Å². The molecule has 0 aromatic heterocycles. The zero-order valence-electron chi connectivity index (χ0n) is 16.8. The van der Waals surface area contributed by atoms with E-state index in [1.165, 1.54) is 36.4 Å². The van der Waals surface area contributed by atoms with E-state index >= 15 is 0 Å². The van der Waals surface area contributed by atoms with Crippen LogP contribution in [0.5, 0.6) is 0 Å². The summed E-state index contributed by atoms with van der Waals surface area (Å²) in [6.07, 6.45) is -4.68. The summed E-state index contributed by atoms with van der Waals surface area (Å²) < 4.78 is 45.2. The number of hydrogen-bond acceptors (Lipinski definition) is 6. The van der Waals surface area contributed by atoms with Crippen molar-refractivity contribution in [2.45, 2.75) is 12.7 Å². The van der Waals surface area contributed by atoms with E-state index in [0.717, 1.165) is 6.07 Å². The van der Waals surface area contributed by atoms with Gasteiger partial charge in [0.05, 0.1) is 41.0 Å². The molecule has 0 bridgehead atoms. The fraction of sp³-hybridized carbons (Fsp3) is 0.333. The number of ether oxygens (including phenoxy) is 1. The number of non-ortho nitro benzene ring substituents is 1. The van der Waals surface area contributed by atoms with Gasteiger partial charge in [0.15, 0.2) is 0 Å². The Morgan fingerprint density at radius 2 is 1.84 bits per heavy atom. The van der Waals surface area contributed by atoms with Crippen LogP contribution in [-0.2, 0) is 11.3 Å². The highest BCUT2D eigenvalue weighted by Crippen LogP contribution is 2.29. The second kappa shape index (κ2) is 9.65. The number of morpholine rings is 1. The van der Waals surface area contributed by atoms with Crippen LogP contribution in [0.2, 0.25) is 0 Å². The zero-order valence-corrected chi connectivity index (χ0v) is 16.8. The number of carbonyl (C=O) groups excluding carboxylic acids is 1. The Bertz CT molecular complexity index is 1030. The topological polar surface area (TPSA) is 99.7 Å². The molecule has 1 aliphatic heterocycles. The van der Waals surface area contributed by atoms with Gasteiger partial charge >= 0.3 is 6.18 Å². The molecule has 1 fully saturated rings. The van der Waals surface area contributed by atoms with Crippen LogP contribution in [0.4, 0.5) is 24.5 Å². The van der Waals surface area contributed by atoms with Gasteiger partial charge in [-0.1, -0.05) is 12.1 Å². The lowest BCUT2D eigenvalue weighted by atomic mass is 10.1. The van der Waals surface area contributed by atoms with E-state index in [-0.39, 0.29) is 12.1 Å². The Morgan fingerprint density at radius 3 is 2.41 bits per heavy atom. The van der Waals surface area contributed by atoms with Crippen molar-refractivity contribution in [2.75, 3.05) is 37.7 Å². The zero-order chi connectivity index (χ0) is 23.3. The number of carbonyl (C=O) groups is 1. The standard InChI is InChI=1S/C21H19F3N4O4/c22-21(23,24)14-27(13-16-3-1-15(12-25)2-4-16)20(29)18-11-17(28(30)31)5-6-19(18)26-7-9-32-10-8-26/h1-6,11H,7-10,13-14H2. The van der Waals surface area contributed by atoms with Gasteiger partial charge in [0.2, 0.25) is 0 Å². The molecule has 2 aromatic carbocycles. The largest absolute Gasteiger partial charge is 0.406 e. The summed E-state index contributed by atoms with van der Waals surface area (Å²) in [5.41, 5.74) is 0.460. The SMILES string of the molecule is N#Cc1ccc(CN(CC(F)(F)F)C(=O)c2cc([N+](=O)[O-])ccc2N2CCOCC2)cc1. The summed E-state index contributed by atoms with van der Waals surface area (Å²) in [4.78, 5) is 26.2. The van der Waals surface area contributed by atoms with Crippen LogP contribution in [0.15, 0.2) is 42.5 Å². The predicted octanol–water partition coefficient (Wildman–Crippen LogP) is 3.51. The molecule has 168 valence electrons. The molecule has 1 saturated heterocycles. The molecule has 8 nitrogen and oxygen atoms in total. The van der Waals surface area contributed by atoms with Gasteiger partial charge < -0.3 is 14.5 Å². The number of nitriles is 1. The molecule has 0 spiro atoms. The molecule has 11 heteroatoms. The molecular formula is C21H19F3N4O4. The van der Waals surface area contributed by atoms with Crippen LogP contribution >= 0.6 is 0 Å². The lowest BCUT2D eigenvalue weighted by molar-refractivity contribution is -0.384. The van der Waals surface area contributed by atoms with Crippen molar-refractivity contribution in [3.05, 3.63) is 69.3 Å². The van der Waals surface area contributed by atoms with Gasteiger partial charge in [0.1, 0.15) is 6.54 Å². The molecule has 1 amide bonds. The number of amides is 1. The molecule has 0 saturated carbocycles. The number of anilines is 1. The summed E-state index contributed by atoms with van der Waals surface area (Å²) in [6.45, 7) is -0.392. The summed E-state index contributed by atoms with van der Waals surface area (Å²) in [6, 6.07) is 11.3. The minimum atomic E-state index is -4.68. The lowest BCUT2D eigenvalue weighted by Crippen LogP contribution is -2.41. The fourth-order valence-corrected chi connectivity index (χ4v) is 3.38. The fourth-order valence-electron chi connectivity index (χ4n) is 3.38. The van der Waals surface area contributed by atoms with E-state index in [1.807, 2.05) is 6.07 Å². The molecule has 0 aliphatic carbocycles. The van der Waals surface area contributed by atoms with Crippen LogP contribution in [0.25, 0.3) is 0 Å². The monoisotopic (exact) mass is 448 g/mol. The van der Waals surface area contributed by atoms with E-state index in [0.29, 0.717) is 48.0 Å². The van der Waals surface area contributed by atoms with Crippen molar-refractivity contribution in [1.82, 2.24) is 4.90 Å². The number of halogens is 3. The maximum absolute atomic E-state index is 13.3. The van der Waals surface area contributed by atoms with E-state index in [2.05, 4.69) is 0 Å². The van der Waals surface area contributed by atoms with Crippen molar-refractivity contribution < 1.29 is 27.6 Å². The molecular weight excluding hydrogens is 429 g/mol. The third kappa shape index (κ3) is 5.73. The summed E-state index contributed by atoms with van der Waals surface area (Å²) in [7, 11) is 0. The van der Waals surface area contributed by atoms with Gasteiger partial charge in [-0.2, -0.15) is 18.4 Å². The van der Waals surface area contributed by atoms with Gasteiger partial charge in [0.25, 0.3) is 11.6 Å². The molecule has 0 atom stereocenters. The van der Waals surface area contributed by atoms with E-state index in [9.17, 15) is 28.1 Å². The maximum atomic E-state index is 13.3. The van der Waals surface area contributed by atoms with Crippen LogP contribution in [0, 0.1) is 21.4 Å². The van der Waals surface area contributed by atoms with Crippen LogP contribution in [0.1, 0.15) is 21.5 Å². The molecule has 32 heavy (non-hydrogen) atoms. The highest BCUT2D eigenvalue weighted by atomic mass is 19.4. The average Bonchev–Trinajstić information content (AvgIpc) is 2.78. The molecule has 1 aliphatic rings. The first-order valence-electron chi connectivity index (χ1n) is 9.64. The molecule has 3 rings (SSSR count). The first-order valence-corrected chi connectivity index (χ1v) is 9.64.